The van der Waals surface area contributed by atoms with Crippen LogP contribution in [0.5, 0.6) is 0 Å². The van der Waals surface area contributed by atoms with Gasteiger partial charge in [-0.25, -0.2) is 21.1 Å². The van der Waals surface area contributed by atoms with Crippen molar-refractivity contribution in [3.05, 3.63) is 95.8 Å². The van der Waals surface area contributed by atoms with E-state index >= 15 is 0 Å². The Balaban J connectivity index is 1.62. The summed E-state index contributed by atoms with van der Waals surface area (Å²) in [4.78, 5) is 12.5. The third-order valence-electron chi connectivity index (χ3n) is 10.1. The fourth-order valence-electron chi connectivity index (χ4n) is 7.16. The number of benzene rings is 2. The number of hydrogen-bond donors (Lipinski definition) is 3. The second-order valence-corrected chi connectivity index (χ2v) is 21.6. The number of rotatable bonds is 19. The van der Waals surface area contributed by atoms with E-state index in [4.69, 9.17) is 5.11 Å². The molecule has 318 valence electrons. The molecular formula is C38H49N3O13S4. The Hall–Kier alpha value is -4.02. The molecule has 16 nitrogen and oxygen atoms in total. The van der Waals surface area contributed by atoms with Gasteiger partial charge in [0.25, 0.3) is 20.2 Å². The summed E-state index contributed by atoms with van der Waals surface area (Å²) in [6.45, 7) is 7.83. The van der Waals surface area contributed by atoms with Gasteiger partial charge >= 0.3 is 5.97 Å². The van der Waals surface area contributed by atoms with Crippen LogP contribution in [0.3, 0.4) is 0 Å². The molecule has 0 aromatic heterocycles. The van der Waals surface area contributed by atoms with Crippen LogP contribution >= 0.6 is 0 Å². The van der Waals surface area contributed by atoms with E-state index in [0.29, 0.717) is 33.9 Å². The van der Waals surface area contributed by atoms with E-state index in [1.165, 1.54) is 31.3 Å². The lowest BCUT2D eigenvalue weighted by Crippen LogP contribution is -2.29. The highest BCUT2D eigenvalue weighted by atomic mass is 32.2. The number of sulfonamides is 1. The first-order valence-corrected chi connectivity index (χ1v) is 24.2. The van der Waals surface area contributed by atoms with Crippen LogP contribution in [0.2, 0.25) is 0 Å². The predicted octanol–water partition coefficient (Wildman–Crippen LogP) is 4.36. The fourth-order valence-corrected chi connectivity index (χ4v) is 9.87. The van der Waals surface area contributed by atoms with E-state index in [9.17, 15) is 52.1 Å². The topological polar surface area (TPSA) is 247 Å². The number of allylic oxidation sites excluding steroid dienone is 8. The van der Waals surface area contributed by atoms with Gasteiger partial charge in [-0.2, -0.15) is 21.4 Å². The van der Waals surface area contributed by atoms with Crippen molar-refractivity contribution in [3.63, 3.8) is 0 Å². The van der Waals surface area contributed by atoms with Crippen molar-refractivity contribution in [3.8, 4) is 0 Å². The summed E-state index contributed by atoms with van der Waals surface area (Å²) >= 11 is 0. The molecular weight excluding hydrogens is 835 g/mol. The average Bonchev–Trinajstić information content (AvgIpc) is 3.43. The van der Waals surface area contributed by atoms with Crippen molar-refractivity contribution in [1.82, 2.24) is 4.31 Å². The molecule has 20 heteroatoms. The molecule has 0 bridgehead atoms. The summed E-state index contributed by atoms with van der Waals surface area (Å²) in [7, 11) is -15.8. The maximum Gasteiger partial charge on any atom is 0.303 e. The Morgan fingerprint density at radius 3 is 2.05 bits per heavy atom. The molecule has 0 amide bonds. The van der Waals surface area contributed by atoms with Crippen molar-refractivity contribution in [2.45, 2.75) is 74.0 Å². The van der Waals surface area contributed by atoms with Crippen molar-refractivity contribution in [2.24, 2.45) is 0 Å². The summed E-state index contributed by atoms with van der Waals surface area (Å²) < 4.78 is 130. The lowest BCUT2D eigenvalue weighted by Gasteiger charge is -2.27. The zero-order chi connectivity index (χ0) is 43.5. The lowest BCUT2D eigenvalue weighted by molar-refractivity contribution is -0.437. The molecule has 2 aliphatic heterocycles. The third-order valence-corrected chi connectivity index (χ3v) is 14.4. The van der Waals surface area contributed by atoms with Crippen molar-refractivity contribution >= 4 is 63.4 Å². The van der Waals surface area contributed by atoms with E-state index < -0.39 is 68.7 Å². The van der Waals surface area contributed by atoms with E-state index in [1.807, 2.05) is 37.2 Å². The molecule has 2 aromatic carbocycles. The van der Waals surface area contributed by atoms with Gasteiger partial charge in [0, 0.05) is 73.2 Å². The summed E-state index contributed by atoms with van der Waals surface area (Å²) in [5.74, 6) is -2.11. The molecule has 0 radical (unpaired) electrons. The summed E-state index contributed by atoms with van der Waals surface area (Å²) in [6, 6.07) is 8.80. The Morgan fingerprint density at radius 2 is 1.43 bits per heavy atom. The van der Waals surface area contributed by atoms with Gasteiger partial charge in [-0.05, 0) is 68.7 Å². The number of carboxylic acids is 1. The molecule has 2 heterocycles. The maximum atomic E-state index is 13.4. The second kappa shape index (κ2) is 17.7. The number of carboxylic acid groups (broad SMARTS) is 1. The number of aliphatic carboxylic acids is 1. The molecule has 0 spiro atoms. The minimum absolute atomic E-state index is 0.00150. The van der Waals surface area contributed by atoms with Crippen LogP contribution in [0.1, 0.15) is 64.5 Å². The van der Waals surface area contributed by atoms with Gasteiger partial charge < -0.3 is 14.6 Å². The number of nitrogens with zero attached hydrogens (tertiary/aromatic N) is 3. The normalized spacial score (nSPS) is 17.7. The fraction of sp³-hybridized carbons (Fsp3) is 0.421. The minimum Gasteiger partial charge on any atom is -0.748 e. The summed E-state index contributed by atoms with van der Waals surface area (Å²) in [5.41, 5.74) is 2.37. The zero-order valence-corrected chi connectivity index (χ0v) is 36.0. The molecule has 2 aliphatic rings. The largest absolute Gasteiger partial charge is 0.748 e. The molecule has 58 heavy (non-hydrogen) atoms. The average molecular weight is 884 g/mol. The van der Waals surface area contributed by atoms with Crippen molar-refractivity contribution < 1.29 is 61.8 Å². The molecule has 2 aromatic rings. The molecule has 3 N–H and O–H groups in total. The molecule has 0 atom stereocenters. The molecule has 0 fully saturated rings. The first-order chi connectivity index (χ1) is 26.7. The van der Waals surface area contributed by atoms with Gasteiger partial charge in [-0.3, -0.25) is 13.9 Å². The minimum atomic E-state index is -4.50. The van der Waals surface area contributed by atoms with E-state index in [2.05, 4.69) is 0 Å². The number of hydrogen-bond acceptors (Lipinski definition) is 11. The number of carbonyl (C=O) groups is 1. The van der Waals surface area contributed by atoms with Crippen molar-refractivity contribution in [1.29, 1.82) is 0 Å². The Kier molecular flexibility index (Phi) is 14.2. The third kappa shape index (κ3) is 11.2. The van der Waals surface area contributed by atoms with Gasteiger partial charge in [0.15, 0.2) is 5.71 Å². The molecule has 0 unspecified atom stereocenters. The summed E-state index contributed by atoms with van der Waals surface area (Å²) in [5, 5.41) is 8.96. The first-order valence-electron chi connectivity index (χ1n) is 18.2. The van der Waals surface area contributed by atoms with Gasteiger partial charge in [0.05, 0.1) is 31.1 Å². The Labute approximate surface area is 340 Å². The van der Waals surface area contributed by atoms with Crippen LogP contribution in [0.25, 0.3) is 0 Å². The summed E-state index contributed by atoms with van der Waals surface area (Å²) in [6.07, 6.45) is 12.3. The highest BCUT2D eigenvalue weighted by Gasteiger charge is 2.45. The predicted molar refractivity (Wildman–Crippen MR) is 218 cm³/mol. The lowest BCUT2D eigenvalue weighted by atomic mass is 9.81. The highest BCUT2D eigenvalue weighted by Crippen LogP contribution is 2.48. The van der Waals surface area contributed by atoms with Gasteiger partial charge in [0.1, 0.15) is 6.54 Å². The monoisotopic (exact) mass is 883 g/mol. The molecule has 0 saturated carbocycles. The highest BCUT2D eigenvalue weighted by molar-refractivity contribution is 7.89. The van der Waals surface area contributed by atoms with Gasteiger partial charge in [-0.1, -0.05) is 44.2 Å². The van der Waals surface area contributed by atoms with Crippen LogP contribution in [0.15, 0.2) is 94.4 Å². The van der Waals surface area contributed by atoms with Crippen LogP contribution in [0.4, 0.5) is 11.4 Å². The Morgan fingerprint density at radius 1 is 0.810 bits per heavy atom. The van der Waals surface area contributed by atoms with Crippen molar-refractivity contribution in [2.75, 3.05) is 43.1 Å². The Bertz CT molecular complexity index is 2540. The number of anilines is 1. The van der Waals surface area contributed by atoms with Gasteiger partial charge in [-0.15, -0.1) is 0 Å². The van der Waals surface area contributed by atoms with Crippen LogP contribution < -0.4 is 4.90 Å². The maximum absolute atomic E-state index is 13.4. The van der Waals surface area contributed by atoms with Gasteiger partial charge in [0.2, 0.25) is 15.7 Å². The van der Waals surface area contributed by atoms with E-state index in [0.717, 1.165) is 4.31 Å². The smallest absolute Gasteiger partial charge is 0.303 e. The second-order valence-electron chi connectivity index (χ2n) is 15.0. The first kappa shape index (κ1) is 46.7. The standard InChI is InChI=1S/C38H49N3O13S4/c1-37(2)30-26-28(57(50,51)39(5)21-11-16-36(42)43)17-19-32(30)40(22-12-24-55(44,45)46)34(37)14-9-7-6-8-10-15-35-38(3,4)31-27-29(58(52,53)54)18-20-33(31)41(35)23-13-25-56(47,48)49/h6-10,14-15,17-20,26-27H,11-13,16,21-25H2,1-5H3,(H3-,42,43,44,45,46,47,48,49,52,53,54). The number of fused-ring (bicyclic) bond motifs is 2. The molecule has 0 aliphatic carbocycles. The van der Waals surface area contributed by atoms with Crippen LogP contribution in [-0.4, -0.2) is 111 Å². The SMILES string of the molecule is CN(CCCC(=O)O)S(=O)(=O)c1ccc2c(c1)C(C)(C)C(/C=C/C=C/C=C/C=C1/N(CCCS(=O)(=O)O)c3ccc(S(=O)(=O)O)cc3C1(C)C)=[N+]2CCCS(=O)(=O)[O-]. The zero-order valence-electron chi connectivity index (χ0n) is 32.8. The molecule has 0 saturated heterocycles. The van der Waals surface area contributed by atoms with Crippen LogP contribution in [-0.2, 0) is 56.0 Å². The van der Waals surface area contributed by atoms with Crippen LogP contribution in [0, 0.1) is 0 Å². The quantitative estimate of drug-likeness (QED) is 0.101. The van der Waals surface area contributed by atoms with E-state index in [-0.39, 0.29) is 55.1 Å². The molecule has 4 rings (SSSR count). The van der Waals surface area contributed by atoms with E-state index in [1.54, 1.807) is 54.7 Å².